The number of fused-ring (bicyclic) bond motifs is 1. The molecule has 1 aromatic carbocycles. The Kier molecular flexibility index (Phi) is 5.72. The molecule has 0 saturated heterocycles. The molecule has 1 radical (unpaired) electrons. The van der Waals surface area contributed by atoms with E-state index in [1.165, 1.54) is 10.9 Å². The monoisotopic (exact) mass is 242 g/mol. The number of benzene rings is 1. The molecule has 0 saturated carbocycles. The second-order valence-electron chi connectivity index (χ2n) is 3.61. The molecule has 0 unspecified atom stereocenters. The smallest absolute Gasteiger partial charge is 0.303 e. The molecule has 0 aliphatic carbocycles. The molecule has 0 spiro atoms. The number of carbonyl (C=O) groups is 1. The third-order valence-corrected chi connectivity index (χ3v) is 2.51. The van der Waals surface area contributed by atoms with Gasteiger partial charge in [0.2, 0.25) is 0 Å². The van der Waals surface area contributed by atoms with Gasteiger partial charge in [-0.3, -0.25) is 4.79 Å². The minimum Gasteiger partial charge on any atom is -0.481 e. The molecule has 4 heteroatoms. The van der Waals surface area contributed by atoms with Crippen molar-refractivity contribution < 1.29 is 9.90 Å². The van der Waals surface area contributed by atoms with Crippen LogP contribution in [0.15, 0.2) is 30.5 Å². The van der Waals surface area contributed by atoms with Crippen molar-refractivity contribution in [3.05, 3.63) is 36.0 Å². The van der Waals surface area contributed by atoms with Gasteiger partial charge >= 0.3 is 5.97 Å². The number of carboxylic acids is 1. The van der Waals surface area contributed by atoms with Crippen molar-refractivity contribution >= 4 is 68.3 Å². The molecular weight excluding hydrogens is 229 g/mol. The quantitative estimate of drug-likeness (QED) is 0.807. The molecule has 2 rings (SSSR count). The van der Waals surface area contributed by atoms with Crippen LogP contribution in [0.2, 0.25) is 0 Å². The molecule has 2 aromatic rings. The number of H-pyrrole nitrogens is 1. The SMILES string of the molecule is O=C(O)CCCc1c[nH]c2ccccc12.[K]. The van der Waals surface area contributed by atoms with Gasteiger partial charge in [-0.1, -0.05) is 18.2 Å². The van der Waals surface area contributed by atoms with Gasteiger partial charge in [0, 0.05) is 74.9 Å². The van der Waals surface area contributed by atoms with Crippen molar-refractivity contribution in [3.8, 4) is 0 Å². The summed E-state index contributed by atoms with van der Waals surface area (Å²) in [6.45, 7) is 0. The molecule has 16 heavy (non-hydrogen) atoms. The van der Waals surface area contributed by atoms with Gasteiger partial charge < -0.3 is 10.1 Å². The van der Waals surface area contributed by atoms with Crippen molar-refractivity contribution in [2.24, 2.45) is 0 Å². The maximum Gasteiger partial charge on any atom is 0.303 e. The van der Waals surface area contributed by atoms with Gasteiger partial charge in [0.25, 0.3) is 0 Å². The summed E-state index contributed by atoms with van der Waals surface area (Å²) < 4.78 is 0. The van der Waals surface area contributed by atoms with E-state index in [2.05, 4.69) is 11.1 Å². The minimum absolute atomic E-state index is 0. The van der Waals surface area contributed by atoms with Gasteiger partial charge in [-0.2, -0.15) is 0 Å². The maximum atomic E-state index is 10.4. The number of rotatable bonds is 4. The van der Waals surface area contributed by atoms with Crippen LogP contribution in [0.25, 0.3) is 10.9 Å². The predicted molar refractivity (Wildman–Crippen MR) is 64.6 cm³/mol. The van der Waals surface area contributed by atoms with Crippen molar-refractivity contribution in [3.63, 3.8) is 0 Å². The van der Waals surface area contributed by atoms with Gasteiger partial charge in [-0.15, -0.1) is 0 Å². The number of aromatic nitrogens is 1. The number of hydrogen-bond acceptors (Lipinski definition) is 1. The van der Waals surface area contributed by atoms with E-state index >= 15 is 0 Å². The van der Waals surface area contributed by atoms with Gasteiger partial charge in [0.1, 0.15) is 0 Å². The summed E-state index contributed by atoms with van der Waals surface area (Å²) in [5, 5.41) is 9.74. The average Bonchev–Trinajstić information content (AvgIpc) is 2.62. The van der Waals surface area contributed by atoms with Crippen molar-refractivity contribution in [2.45, 2.75) is 19.3 Å². The molecule has 2 N–H and O–H groups in total. The van der Waals surface area contributed by atoms with E-state index in [1.807, 2.05) is 24.4 Å². The molecule has 0 aliphatic rings. The van der Waals surface area contributed by atoms with Gasteiger partial charge in [-0.05, 0) is 24.5 Å². The molecule has 0 fully saturated rings. The first-order chi connectivity index (χ1) is 7.27. The summed E-state index contributed by atoms with van der Waals surface area (Å²) in [5.74, 6) is -0.727. The number of hydrogen-bond donors (Lipinski definition) is 2. The third-order valence-electron chi connectivity index (χ3n) is 2.51. The molecule has 3 nitrogen and oxygen atoms in total. The normalized spacial score (nSPS) is 10.0. The fraction of sp³-hybridized carbons (Fsp3) is 0.250. The number of nitrogens with one attached hydrogen (secondary N) is 1. The predicted octanol–water partition coefficient (Wildman–Crippen LogP) is 2.19. The largest absolute Gasteiger partial charge is 0.481 e. The first-order valence-corrected chi connectivity index (χ1v) is 5.04. The molecule has 0 bridgehead atoms. The zero-order valence-electron chi connectivity index (χ0n) is 9.36. The van der Waals surface area contributed by atoms with E-state index in [4.69, 9.17) is 5.11 Å². The summed E-state index contributed by atoms with van der Waals surface area (Å²) in [7, 11) is 0. The maximum absolute atomic E-state index is 10.4. The van der Waals surface area contributed by atoms with Crippen LogP contribution >= 0.6 is 0 Å². The Hall–Kier alpha value is -0.134. The third kappa shape index (κ3) is 3.43. The van der Waals surface area contributed by atoms with Crippen LogP contribution in [0, 0.1) is 0 Å². The summed E-state index contributed by atoms with van der Waals surface area (Å²) >= 11 is 0. The zero-order chi connectivity index (χ0) is 10.7. The van der Waals surface area contributed by atoms with Crippen LogP contribution in [0.4, 0.5) is 0 Å². The topological polar surface area (TPSA) is 53.1 Å². The first-order valence-electron chi connectivity index (χ1n) is 5.04. The van der Waals surface area contributed by atoms with Gasteiger partial charge in [0.05, 0.1) is 0 Å². The second kappa shape index (κ2) is 6.57. The summed E-state index contributed by atoms with van der Waals surface area (Å²) in [5.41, 5.74) is 2.31. The van der Waals surface area contributed by atoms with Crippen LogP contribution < -0.4 is 0 Å². The van der Waals surface area contributed by atoms with Crippen LogP contribution in [0.1, 0.15) is 18.4 Å². The van der Waals surface area contributed by atoms with Crippen LogP contribution in [-0.2, 0) is 11.2 Å². The Bertz CT molecular complexity index is 479. The number of carboxylic acid groups (broad SMARTS) is 1. The zero-order valence-corrected chi connectivity index (χ0v) is 12.5. The van der Waals surface area contributed by atoms with Crippen LogP contribution in [-0.4, -0.2) is 67.4 Å². The standard InChI is InChI=1S/C12H13NO2.K/c14-12(15)7-3-4-9-8-13-11-6-2-1-5-10(9)11;/h1-2,5-6,8,13H,3-4,7H2,(H,14,15);. The summed E-state index contributed by atoms with van der Waals surface area (Å²) in [6, 6.07) is 8.06. The minimum atomic E-state index is -0.727. The average molecular weight is 242 g/mol. The Balaban J connectivity index is 0.00000128. The van der Waals surface area contributed by atoms with E-state index in [9.17, 15) is 4.79 Å². The van der Waals surface area contributed by atoms with E-state index < -0.39 is 5.97 Å². The van der Waals surface area contributed by atoms with Gasteiger partial charge in [0.15, 0.2) is 0 Å². The van der Waals surface area contributed by atoms with Crippen molar-refractivity contribution in [1.29, 1.82) is 0 Å². The number of para-hydroxylation sites is 1. The van der Waals surface area contributed by atoms with Crippen LogP contribution in [0.3, 0.4) is 0 Å². The fourth-order valence-corrected chi connectivity index (χ4v) is 1.77. The molecule has 79 valence electrons. The summed E-state index contributed by atoms with van der Waals surface area (Å²) in [6.07, 6.45) is 3.71. The Morgan fingerprint density at radius 2 is 2.06 bits per heavy atom. The summed E-state index contributed by atoms with van der Waals surface area (Å²) in [4.78, 5) is 13.6. The van der Waals surface area contributed by atoms with E-state index in [0.717, 1.165) is 11.9 Å². The van der Waals surface area contributed by atoms with Crippen molar-refractivity contribution in [2.75, 3.05) is 0 Å². The van der Waals surface area contributed by atoms with E-state index in [0.29, 0.717) is 6.42 Å². The molecule has 0 amide bonds. The first kappa shape index (κ1) is 13.9. The Morgan fingerprint density at radius 3 is 2.81 bits per heavy atom. The number of aryl methyl sites for hydroxylation is 1. The number of aliphatic carboxylic acids is 1. The van der Waals surface area contributed by atoms with E-state index in [-0.39, 0.29) is 57.8 Å². The molecule has 0 aliphatic heterocycles. The molecular formula is C12H13KNO2. The Morgan fingerprint density at radius 1 is 1.31 bits per heavy atom. The van der Waals surface area contributed by atoms with Gasteiger partial charge in [-0.25, -0.2) is 0 Å². The fourth-order valence-electron chi connectivity index (χ4n) is 1.77. The van der Waals surface area contributed by atoms with Crippen molar-refractivity contribution in [1.82, 2.24) is 4.98 Å². The van der Waals surface area contributed by atoms with E-state index in [1.54, 1.807) is 0 Å². The number of aromatic amines is 1. The molecule has 1 aromatic heterocycles. The Labute approximate surface area is 137 Å². The second-order valence-corrected chi connectivity index (χ2v) is 3.61. The van der Waals surface area contributed by atoms with Crippen LogP contribution in [0.5, 0.6) is 0 Å². The molecule has 0 atom stereocenters. The molecule has 1 heterocycles.